The molecular weight excluding hydrogens is 472 g/mol. The van der Waals surface area contributed by atoms with Gasteiger partial charge in [0, 0.05) is 29.1 Å². The zero-order valence-corrected chi connectivity index (χ0v) is 23.3. The van der Waals surface area contributed by atoms with E-state index in [2.05, 4.69) is 30.7 Å². The summed E-state index contributed by atoms with van der Waals surface area (Å²) in [5.74, 6) is 1.67. The zero-order valence-electron chi connectivity index (χ0n) is 21.7. The number of thiocarbonyl (C=S) groups is 1. The minimum Gasteiger partial charge on any atom is -0.494 e. The summed E-state index contributed by atoms with van der Waals surface area (Å²) < 4.78 is 5.87. The molecule has 0 aromatic heterocycles. The van der Waals surface area contributed by atoms with Crippen LogP contribution in [-0.4, -0.2) is 36.1 Å². The van der Waals surface area contributed by atoms with E-state index >= 15 is 0 Å². The van der Waals surface area contributed by atoms with E-state index in [1.165, 1.54) is 44.9 Å². The van der Waals surface area contributed by atoms with Crippen LogP contribution in [0.15, 0.2) is 42.5 Å². The molecule has 1 amide bonds. The third kappa shape index (κ3) is 11.0. The average molecular weight is 515 g/mol. The van der Waals surface area contributed by atoms with Crippen LogP contribution in [0.2, 0.25) is 0 Å². The summed E-state index contributed by atoms with van der Waals surface area (Å²) in [5, 5.41) is 6.35. The van der Waals surface area contributed by atoms with Gasteiger partial charge in [-0.1, -0.05) is 83.1 Å². The van der Waals surface area contributed by atoms with Crippen LogP contribution in [0.3, 0.4) is 0 Å². The molecule has 0 heterocycles. The minimum absolute atomic E-state index is 0.132. The molecule has 0 atom stereocenters. The number of aryl methyl sites for hydroxylation is 1. The van der Waals surface area contributed by atoms with Crippen molar-refractivity contribution < 1.29 is 9.53 Å². The fraction of sp³-hybridized carbons (Fsp3) is 0.517. The Morgan fingerprint density at radius 3 is 2.23 bits per heavy atom. The van der Waals surface area contributed by atoms with Gasteiger partial charge in [0.25, 0.3) is 5.91 Å². The Balaban J connectivity index is 1.83. The highest BCUT2D eigenvalue weighted by Crippen LogP contribution is 2.21. The normalized spacial score (nSPS) is 10.7. The first-order valence-corrected chi connectivity index (χ1v) is 14.8. The van der Waals surface area contributed by atoms with Crippen molar-refractivity contribution in [3.63, 3.8) is 0 Å². The van der Waals surface area contributed by atoms with Gasteiger partial charge in [0.15, 0.2) is 0 Å². The summed E-state index contributed by atoms with van der Waals surface area (Å²) in [6.45, 7) is 5.88. The van der Waals surface area contributed by atoms with Crippen LogP contribution in [0.5, 0.6) is 5.75 Å². The molecule has 0 fully saturated rings. The van der Waals surface area contributed by atoms with E-state index in [-0.39, 0.29) is 5.91 Å². The number of unbranched alkanes of at least 4 members (excludes halogenated alkanes) is 7. The second-order valence-electron chi connectivity index (χ2n) is 8.78. The number of thioether (sulfide) groups is 1. The number of carbonyl (C=O) groups is 1. The highest BCUT2D eigenvalue weighted by atomic mass is 32.2. The highest BCUT2D eigenvalue weighted by Gasteiger charge is 2.11. The summed E-state index contributed by atoms with van der Waals surface area (Å²) in [6, 6.07) is 13.4. The quantitative estimate of drug-likeness (QED) is 0.168. The number of carbonyl (C=O) groups excluding carboxylic acids is 1. The van der Waals surface area contributed by atoms with Crippen LogP contribution >= 0.6 is 24.0 Å². The monoisotopic (exact) mass is 514 g/mol. The Labute approximate surface area is 222 Å². The molecule has 2 rings (SSSR count). The molecule has 0 radical (unpaired) electrons. The van der Waals surface area contributed by atoms with E-state index in [0.29, 0.717) is 10.6 Å². The van der Waals surface area contributed by atoms with Crippen molar-refractivity contribution in [1.29, 1.82) is 0 Å². The highest BCUT2D eigenvalue weighted by molar-refractivity contribution is 7.98. The predicted molar refractivity (Wildman–Crippen MR) is 156 cm³/mol. The lowest BCUT2D eigenvalue weighted by atomic mass is 10.1. The molecule has 35 heavy (non-hydrogen) atoms. The van der Waals surface area contributed by atoms with Crippen molar-refractivity contribution in [1.82, 2.24) is 5.32 Å². The average Bonchev–Trinajstić information content (AvgIpc) is 2.88. The second kappa shape index (κ2) is 17.4. The number of hydrogen-bond acceptors (Lipinski definition) is 4. The van der Waals surface area contributed by atoms with Gasteiger partial charge in [0.2, 0.25) is 0 Å². The maximum absolute atomic E-state index is 12.9. The van der Waals surface area contributed by atoms with E-state index in [9.17, 15) is 4.79 Å². The van der Waals surface area contributed by atoms with Gasteiger partial charge in [-0.15, -0.1) is 0 Å². The van der Waals surface area contributed by atoms with Gasteiger partial charge < -0.3 is 15.4 Å². The van der Waals surface area contributed by atoms with E-state index in [1.54, 1.807) is 11.8 Å². The van der Waals surface area contributed by atoms with Crippen LogP contribution in [-0.2, 0) is 6.42 Å². The first kappa shape index (κ1) is 29.2. The van der Waals surface area contributed by atoms with E-state index in [4.69, 9.17) is 17.0 Å². The van der Waals surface area contributed by atoms with Crippen molar-refractivity contribution in [3.05, 3.63) is 59.2 Å². The Kier molecular flexibility index (Phi) is 14.5. The van der Waals surface area contributed by atoms with Gasteiger partial charge >= 0.3 is 0 Å². The van der Waals surface area contributed by atoms with Gasteiger partial charge in [-0.3, -0.25) is 4.79 Å². The Hall–Kier alpha value is -2.05. The molecule has 2 aromatic carbocycles. The third-order valence-electron chi connectivity index (χ3n) is 5.98. The lowest BCUT2D eigenvalue weighted by Crippen LogP contribution is -2.25. The predicted octanol–water partition coefficient (Wildman–Crippen LogP) is 7.65. The van der Waals surface area contributed by atoms with E-state index in [0.717, 1.165) is 54.3 Å². The molecule has 0 spiro atoms. The van der Waals surface area contributed by atoms with E-state index < -0.39 is 0 Å². The summed E-state index contributed by atoms with van der Waals surface area (Å²) >= 11 is 7.30. The maximum atomic E-state index is 12.9. The molecular formula is C29H42N2O2S2. The SMILES string of the molecule is CCCCCCCCCCOc1ccc(C(=O)Nc2cc(C(=S)NCCSC)ccc2CC)cc1. The lowest BCUT2D eigenvalue weighted by Gasteiger charge is -2.14. The number of amides is 1. The first-order chi connectivity index (χ1) is 17.1. The fourth-order valence-corrected chi connectivity index (χ4v) is 4.37. The standard InChI is InChI=1S/C29H42N2O2S2/c1-4-6-7-8-9-10-11-12-20-33-26-17-15-24(16-18-26)28(32)31-27-22-25(14-13-23(27)5-2)29(34)30-19-21-35-3/h13-18,22H,4-12,19-21H2,1-3H3,(H,30,34)(H,31,32). The van der Waals surface area contributed by atoms with Crippen LogP contribution in [0.1, 0.15) is 86.7 Å². The fourth-order valence-electron chi connectivity index (χ4n) is 3.83. The molecule has 6 heteroatoms. The molecule has 2 aromatic rings. The maximum Gasteiger partial charge on any atom is 0.255 e. The van der Waals surface area contributed by atoms with Gasteiger partial charge in [0.05, 0.1) is 6.61 Å². The van der Waals surface area contributed by atoms with E-state index in [1.807, 2.05) is 42.5 Å². The van der Waals surface area contributed by atoms with Gasteiger partial charge in [-0.25, -0.2) is 0 Å². The Morgan fingerprint density at radius 2 is 1.57 bits per heavy atom. The Bertz CT molecular complexity index is 900. The van der Waals surface area contributed by atoms with Gasteiger partial charge in [0.1, 0.15) is 10.7 Å². The van der Waals surface area contributed by atoms with Gasteiger partial charge in [-0.2, -0.15) is 11.8 Å². The largest absolute Gasteiger partial charge is 0.494 e. The topological polar surface area (TPSA) is 50.4 Å². The molecule has 192 valence electrons. The molecule has 4 nitrogen and oxygen atoms in total. The summed E-state index contributed by atoms with van der Waals surface area (Å²) in [5.41, 5.74) is 3.41. The third-order valence-corrected chi connectivity index (χ3v) is 6.97. The van der Waals surface area contributed by atoms with Crippen molar-refractivity contribution in [2.75, 3.05) is 30.5 Å². The molecule has 0 aliphatic carbocycles. The summed E-state index contributed by atoms with van der Waals surface area (Å²) in [4.78, 5) is 13.6. The first-order valence-electron chi connectivity index (χ1n) is 13.0. The minimum atomic E-state index is -0.132. The number of ether oxygens (including phenoxy) is 1. The molecule has 0 saturated heterocycles. The molecule has 0 aliphatic heterocycles. The van der Waals surface area contributed by atoms with Crippen LogP contribution in [0.25, 0.3) is 0 Å². The van der Waals surface area contributed by atoms with Crippen molar-refractivity contribution in [3.8, 4) is 5.75 Å². The summed E-state index contributed by atoms with van der Waals surface area (Å²) in [7, 11) is 0. The Morgan fingerprint density at radius 1 is 0.914 bits per heavy atom. The van der Waals surface area contributed by atoms with Crippen molar-refractivity contribution in [2.45, 2.75) is 71.6 Å². The molecule has 0 unspecified atom stereocenters. The van der Waals surface area contributed by atoms with Crippen molar-refractivity contribution >= 4 is 40.6 Å². The van der Waals surface area contributed by atoms with Crippen LogP contribution in [0.4, 0.5) is 5.69 Å². The smallest absolute Gasteiger partial charge is 0.255 e. The van der Waals surface area contributed by atoms with Gasteiger partial charge in [-0.05, 0) is 55.0 Å². The number of benzene rings is 2. The number of hydrogen-bond donors (Lipinski definition) is 2. The molecule has 0 saturated carbocycles. The zero-order chi connectivity index (χ0) is 25.3. The second-order valence-corrected chi connectivity index (χ2v) is 10.2. The molecule has 0 aliphatic rings. The molecule has 2 N–H and O–H groups in total. The lowest BCUT2D eigenvalue weighted by molar-refractivity contribution is 0.102. The van der Waals surface area contributed by atoms with Crippen LogP contribution < -0.4 is 15.4 Å². The van der Waals surface area contributed by atoms with Crippen molar-refractivity contribution in [2.24, 2.45) is 0 Å². The summed E-state index contributed by atoms with van der Waals surface area (Å²) in [6.07, 6.45) is 13.2. The van der Waals surface area contributed by atoms with Crippen LogP contribution in [0, 0.1) is 0 Å². The number of rotatable bonds is 17. The number of nitrogens with one attached hydrogen (secondary N) is 2. The molecule has 0 bridgehead atoms. The number of anilines is 1.